The quantitative estimate of drug-likeness (QED) is 0.831. The second kappa shape index (κ2) is 7.53. The number of benzene rings is 1. The van der Waals surface area contributed by atoms with Gasteiger partial charge < -0.3 is 9.80 Å². The molecule has 136 valence electrons. The van der Waals surface area contributed by atoms with Gasteiger partial charge in [-0.05, 0) is 30.7 Å². The van der Waals surface area contributed by atoms with Gasteiger partial charge in [0.25, 0.3) is 5.91 Å². The molecule has 0 bridgehead atoms. The zero-order valence-electron chi connectivity index (χ0n) is 14.6. The Bertz CT molecular complexity index is 765. The number of likely N-dealkylation sites (tertiary alicyclic amines) is 2. The Morgan fingerprint density at radius 2 is 2.00 bits per heavy atom. The van der Waals surface area contributed by atoms with E-state index in [1.807, 2.05) is 40.1 Å². The van der Waals surface area contributed by atoms with Crippen LogP contribution in [0.15, 0.2) is 36.5 Å². The standard InChI is InChI=1S/C19H22N4O2S/c24-18(11-14-5-2-1-3-6-14)22-10-8-17-15(13-22)7-4-9-23(17)19(25)16-12-20-26-21-16/h1-3,5-6,12,15,17H,4,7-11,13H2/t15-,17+/m1/s1. The molecule has 1 aromatic carbocycles. The van der Waals surface area contributed by atoms with Crippen molar-refractivity contribution in [2.24, 2.45) is 5.92 Å². The van der Waals surface area contributed by atoms with E-state index in [1.165, 1.54) is 0 Å². The number of aromatic nitrogens is 2. The zero-order valence-corrected chi connectivity index (χ0v) is 15.4. The lowest BCUT2D eigenvalue weighted by atomic mass is 9.83. The van der Waals surface area contributed by atoms with E-state index in [0.717, 1.165) is 49.6 Å². The van der Waals surface area contributed by atoms with Gasteiger partial charge in [0.05, 0.1) is 24.3 Å². The molecule has 0 N–H and O–H groups in total. The second-order valence-corrected chi connectivity index (χ2v) is 7.61. The van der Waals surface area contributed by atoms with E-state index in [-0.39, 0.29) is 17.9 Å². The van der Waals surface area contributed by atoms with Crippen molar-refractivity contribution in [2.45, 2.75) is 31.7 Å². The number of rotatable bonds is 3. The summed E-state index contributed by atoms with van der Waals surface area (Å²) in [6, 6.07) is 10.1. The van der Waals surface area contributed by atoms with Crippen LogP contribution in [0, 0.1) is 5.92 Å². The van der Waals surface area contributed by atoms with Crippen LogP contribution < -0.4 is 0 Å². The van der Waals surface area contributed by atoms with Crippen molar-refractivity contribution in [3.63, 3.8) is 0 Å². The number of carbonyl (C=O) groups is 2. The second-order valence-electron chi connectivity index (χ2n) is 7.05. The number of hydrogen-bond acceptors (Lipinski definition) is 5. The van der Waals surface area contributed by atoms with Gasteiger partial charge in [-0.25, -0.2) is 0 Å². The highest BCUT2D eigenvalue weighted by atomic mass is 32.1. The summed E-state index contributed by atoms with van der Waals surface area (Å²) < 4.78 is 8.04. The minimum atomic E-state index is -0.0162. The van der Waals surface area contributed by atoms with Crippen molar-refractivity contribution in [3.8, 4) is 0 Å². The molecule has 2 aromatic rings. The Morgan fingerprint density at radius 1 is 1.15 bits per heavy atom. The number of piperidine rings is 2. The van der Waals surface area contributed by atoms with Crippen LogP contribution in [0.4, 0.5) is 0 Å². The lowest BCUT2D eigenvalue weighted by molar-refractivity contribution is -0.133. The van der Waals surface area contributed by atoms with Crippen LogP contribution in [0.25, 0.3) is 0 Å². The third-order valence-corrected chi connectivity index (χ3v) is 5.94. The van der Waals surface area contributed by atoms with Crippen LogP contribution in [0.2, 0.25) is 0 Å². The molecule has 0 unspecified atom stereocenters. The van der Waals surface area contributed by atoms with Crippen molar-refractivity contribution in [1.82, 2.24) is 18.5 Å². The van der Waals surface area contributed by atoms with E-state index in [9.17, 15) is 9.59 Å². The average Bonchev–Trinajstić information content (AvgIpc) is 3.22. The summed E-state index contributed by atoms with van der Waals surface area (Å²) in [6.07, 6.45) is 4.89. The van der Waals surface area contributed by atoms with Gasteiger partial charge in [0, 0.05) is 25.7 Å². The van der Waals surface area contributed by atoms with Gasteiger partial charge in [-0.2, -0.15) is 8.75 Å². The van der Waals surface area contributed by atoms with Crippen LogP contribution in [-0.2, 0) is 11.2 Å². The average molecular weight is 370 g/mol. The van der Waals surface area contributed by atoms with E-state index in [0.29, 0.717) is 24.6 Å². The van der Waals surface area contributed by atoms with Crippen molar-refractivity contribution in [3.05, 3.63) is 47.8 Å². The predicted molar refractivity (Wildman–Crippen MR) is 98.8 cm³/mol. The van der Waals surface area contributed by atoms with Gasteiger partial charge in [0.15, 0.2) is 5.69 Å². The van der Waals surface area contributed by atoms with Crippen LogP contribution >= 0.6 is 11.7 Å². The Balaban J connectivity index is 1.41. The monoisotopic (exact) mass is 370 g/mol. The molecule has 0 saturated carbocycles. The summed E-state index contributed by atoms with van der Waals surface area (Å²) in [5, 5.41) is 0. The molecule has 4 rings (SSSR count). The fraction of sp³-hybridized carbons (Fsp3) is 0.474. The minimum Gasteiger partial charge on any atom is -0.342 e. The Kier molecular flexibility index (Phi) is 4.97. The largest absolute Gasteiger partial charge is 0.342 e. The minimum absolute atomic E-state index is 0.0162. The van der Waals surface area contributed by atoms with E-state index in [1.54, 1.807) is 6.20 Å². The first-order chi connectivity index (χ1) is 12.7. The molecule has 0 radical (unpaired) electrons. The molecule has 6 nitrogen and oxygen atoms in total. The molecule has 0 aliphatic carbocycles. The van der Waals surface area contributed by atoms with Gasteiger partial charge in [0.2, 0.25) is 5.91 Å². The summed E-state index contributed by atoms with van der Waals surface area (Å²) in [5.74, 6) is 0.520. The number of hydrogen-bond donors (Lipinski definition) is 0. The molecule has 3 heterocycles. The van der Waals surface area contributed by atoms with E-state index in [2.05, 4.69) is 8.75 Å². The van der Waals surface area contributed by atoms with Crippen molar-refractivity contribution in [1.29, 1.82) is 0 Å². The summed E-state index contributed by atoms with van der Waals surface area (Å²) in [5.41, 5.74) is 1.49. The van der Waals surface area contributed by atoms with Gasteiger partial charge in [-0.1, -0.05) is 30.3 Å². The molecule has 2 aliphatic rings. The third-order valence-electron chi connectivity index (χ3n) is 5.46. The van der Waals surface area contributed by atoms with Crippen molar-refractivity contribution < 1.29 is 9.59 Å². The molecule has 2 aliphatic heterocycles. The molecule has 26 heavy (non-hydrogen) atoms. The molecule has 2 fully saturated rings. The highest BCUT2D eigenvalue weighted by Crippen LogP contribution is 2.31. The van der Waals surface area contributed by atoms with Crippen LogP contribution in [-0.4, -0.2) is 56.0 Å². The first-order valence-electron chi connectivity index (χ1n) is 9.12. The van der Waals surface area contributed by atoms with Crippen molar-refractivity contribution in [2.75, 3.05) is 19.6 Å². The van der Waals surface area contributed by atoms with Crippen LogP contribution in [0.1, 0.15) is 35.3 Å². The summed E-state index contributed by atoms with van der Waals surface area (Å²) in [6.45, 7) is 2.23. The molecular weight excluding hydrogens is 348 g/mol. The highest BCUT2D eigenvalue weighted by molar-refractivity contribution is 6.99. The number of amides is 2. The fourth-order valence-electron chi connectivity index (χ4n) is 4.17. The summed E-state index contributed by atoms with van der Waals surface area (Å²) in [7, 11) is 0. The Hall–Kier alpha value is -2.28. The van der Waals surface area contributed by atoms with Crippen LogP contribution in [0.5, 0.6) is 0 Å². The maximum absolute atomic E-state index is 12.7. The SMILES string of the molecule is O=C(Cc1ccccc1)N1CC[C@H]2[C@H](CCCN2C(=O)c2cnsn2)C1. The smallest absolute Gasteiger partial charge is 0.275 e. The molecule has 2 atom stereocenters. The fourth-order valence-corrected chi connectivity index (χ4v) is 4.58. The Morgan fingerprint density at radius 3 is 2.77 bits per heavy atom. The number of fused-ring (bicyclic) bond motifs is 1. The molecule has 7 heteroatoms. The molecule has 0 spiro atoms. The van der Waals surface area contributed by atoms with E-state index >= 15 is 0 Å². The highest BCUT2D eigenvalue weighted by Gasteiger charge is 2.39. The van der Waals surface area contributed by atoms with Gasteiger partial charge in [-0.3, -0.25) is 9.59 Å². The van der Waals surface area contributed by atoms with Crippen molar-refractivity contribution >= 4 is 23.5 Å². The zero-order chi connectivity index (χ0) is 17.9. The number of carbonyl (C=O) groups excluding carboxylic acids is 2. The van der Waals surface area contributed by atoms with E-state index < -0.39 is 0 Å². The van der Waals surface area contributed by atoms with Gasteiger partial charge in [0.1, 0.15) is 0 Å². The van der Waals surface area contributed by atoms with Gasteiger partial charge in [-0.15, -0.1) is 0 Å². The molecule has 1 aromatic heterocycles. The third kappa shape index (κ3) is 3.49. The molecular formula is C19H22N4O2S. The van der Waals surface area contributed by atoms with E-state index in [4.69, 9.17) is 0 Å². The normalized spacial score (nSPS) is 22.8. The van der Waals surface area contributed by atoms with Crippen LogP contribution in [0.3, 0.4) is 0 Å². The molecule has 2 saturated heterocycles. The Labute approximate surface area is 157 Å². The summed E-state index contributed by atoms with van der Waals surface area (Å²) in [4.78, 5) is 29.3. The summed E-state index contributed by atoms with van der Waals surface area (Å²) >= 11 is 1.07. The van der Waals surface area contributed by atoms with Gasteiger partial charge >= 0.3 is 0 Å². The maximum Gasteiger partial charge on any atom is 0.275 e. The predicted octanol–water partition coefficient (Wildman–Crippen LogP) is 2.23. The lowest BCUT2D eigenvalue weighted by Gasteiger charge is -2.47. The topological polar surface area (TPSA) is 66.4 Å². The maximum atomic E-state index is 12.7. The first-order valence-corrected chi connectivity index (χ1v) is 9.85. The molecule has 2 amide bonds. The number of nitrogens with zero attached hydrogens (tertiary/aromatic N) is 4. The first kappa shape index (κ1) is 17.1. The lowest BCUT2D eigenvalue weighted by Crippen LogP contribution is -2.56.